The van der Waals surface area contributed by atoms with Crippen molar-refractivity contribution in [2.45, 2.75) is 31.8 Å². The van der Waals surface area contributed by atoms with Crippen LogP contribution < -0.4 is 5.32 Å². The minimum absolute atomic E-state index is 0.179. The fourth-order valence-electron chi connectivity index (χ4n) is 3.03. The fourth-order valence-corrected chi connectivity index (χ4v) is 3.03. The highest BCUT2D eigenvalue weighted by molar-refractivity contribution is 5.77. The number of hydrogen-bond acceptors (Lipinski definition) is 4. The van der Waals surface area contributed by atoms with Crippen LogP contribution in [0.2, 0.25) is 0 Å². The van der Waals surface area contributed by atoms with Crippen LogP contribution in [0.1, 0.15) is 19.3 Å². The molecule has 5 nitrogen and oxygen atoms in total. The third-order valence-electron chi connectivity index (χ3n) is 4.62. The second kappa shape index (κ2) is 7.19. The highest BCUT2D eigenvalue weighted by Gasteiger charge is 2.20. The number of hydrogen-bond donors (Lipinski definition) is 1. The van der Waals surface area contributed by atoms with E-state index in [1.165, 1.54) is 18.6 Å². The van der Waals surface area contributed by atoms with Gasteiger partial charge in [0.05, 0.1) is 30.0 Å². The Hall–Kier alpha value is -2.83. The van der Waals surface area contributed by atoms with Crippen molar-refractivity contribution in [2.75, 3.05) is 12.0 Å². The smallest absolute Gasteiger partial charge is 0.223 e. The van der Waals surface area contributed by atoms with Gasteiger partial charge < -0.3 is 9.88 Å². The summed E-state index contributed by atoms with van der Waals surface area (Å²) in [7, 11) is 0. The third-order valence-corrected chi connectivity index (χ3v) is 4.62. The number of nitrogens with zero attached hydrogens (tertiary/aromatic N) is 4. The number of benzene rings is 1. The summed E-state index contributed by atoms with van der Waals surface area (Å²) in [6.07, 6.45) is 6.73. The molecule has 0 spiro atoms. The SMILES string of the molecule is FCCn1cnc(-c2ccc(F)cc2)c1-c1ccnc(NC2CCC2)n1. The van der Waals surface area contributed by atoms with Crippen LogP contribution in [0.3, 0.4) is 0 Å². The maximum atomic E-state index is 13.3. The zero-order valence-corrected chi connectivity index (χ0v) is 14.2. The van der Waals surface area contributed by atoms with Crippen molar-refractivity contribution >= 4 is 5.95 Å². The number of imidazole rings is 1. The molecule has 2 aromatic heterocycles. The number of rotatable bonds is 6. The lowest BCUT2D eigenvalue weighted by Crippen LogP contribution is -2.28. The maximum absolute atomic E-state index is 13.3. The van der Waals surface area contributed by atoms with E-state index < -0.39 is 6.67 Å². The largest absolute Gasteiger partial charge is 0.351 e. The van der Waals surface area contributed by atoms with Crippen molar-refractivity contribution in [1.82, 2.24) is 19.5 Å². The van der Waals surface area contributed by atoms with Crippen molar-refractivity contribution in [3.05, 3.63) is 48.7 Å². The summed E-state index contributed by atoms with van der Waals surface area (Å²) < 4.78 is 28.0. The predicted molar refractivity (Wildman–Crippen MR) is 95.9 cm³/mol. The Morgan fingerprint density at radius 2 is 1.92 bits per heavy atom. The zero-order valence-electron chi connectivity index (χ0n) is 14.2. The van der Waals surface area contributed by atoms with Gasteiger partial charge in [-0.2, -0.15) is 0 Å². The lowest BCUT2D eigenvalue weighted by molar-refractivity contribution is 0.443. The van der Waals surface area contributed by atoms with Crippen LogP contribution in [-0.4, -0.2) is 32.2 Å². The Kier molecular flexibility index (Phi) is 4.60. The van der Waals surface area contributed by atoms with Crippen LogP contribution in [-0.2, 0) is 6.54 Å². The van der Waals surface area contributed by atoms with Crippen molar-refractivity contribution in [3.63, 3.8) is 0 Å². The molecular weight excluding hydrogens is 336 g/mol. The molecule has 0 aliphatic heterocycles. The second-order valence-electron chi connectivity index (χ2n) is 6.37. The molecule has 3 aromatic rings. The van der Waals surface area contributed by atoms with E-state index in [2.05, 4.69) is 20.3 Å². The van der Waals surface area contributed by atoms with E-state index in [4.69, 9.17) is 0 Å². The molecule has 0 radical (unpaired) electrons. The minimum Gasteiger partial charge on any atom is -0.351 e. The Balaban J connectivity index is 1.75. The van der Waals surface area contributed by atoms with Gasteiger partial charge in [-0.1, -0.05) is 0 Å². The average molecular weight is 355 g/mol. The quantitative estimate of drug-likeness (QED) is 0.724. The van der Waals surface area contributed by atoms with Crippen LogP contribution in [0.25, 0.3) is 22.6 Å². The Bertz CT molecular complexity index is 887. The topological polar surface area (TPSA) is 55.6 Å². The molecule has 7 heteroatoms. The number of nitrogens with one attached hydrogen (secondary N) is 1. The van der Waals surface area contributed by atoms with Gasteiger partial charge in [0.25, 0.3) is 0 Å². The first-order chi connectivity index (χ1) is 12.7. The van der Waals surface area contributed by atoms with E-state index in [0.29, 0.717) is 29.1 Å². The Morgan fingerprint density at radius 3 is 2.62 bits per heavy atom. The molecule has 1 N–H and O–H groups in total. The molecule has 4 rings (SSSR count). The van der Waals surface area contributed by atoms with Gasteiger partial charge in [0.1, 0.15) is 12.5 Å². The normalized spacial score (nSPS) is 14.2. The fraction of sp³-hybridized carbons (Fsp3) is 0.316. The molecule has 0 saturated heterocycles. The summed E-state index contributed by atoms with van der Waals surface area (Å²) in [6.45, 7) is -0.330. The van der Waals surface area contributed by atoms with E-state index in [1.807, 2.05) is 0 Å². The first kappa shape index (κ1) is 16.6. The van der Waals surface area contributed by atoms with Crippen molar-refractivity contribution in [1.29, 1.82) is 0 Å². The van der Waals surface area contributed by atoms with Crippen molar-refractivity contribution in [3.8, 4) is 22.6 Å². The first-order valence-corrected chi connectivity index (χ1v) is 8.71. The Labute approximate surface area is 150 Å². The highest BCUT2D eigenvalue weighted by Crippen LogP contribution is 2.31. The second-order valence-corrected chi connectivity index (χ2v) is 6.37. The maximum Gasteiger partial charge on any atom is 0.223 e. The number of aryl methyl sites for hydroxylation is 1. The van der Waals surface area contributed by atoms with Crippen LogP contribution in [0.5, 0.6) is 0 Å². The Morgan fingerprint density at radius 1 is 1.12 bits per heavy atom. The molecule has 0 atom stereocenters. The van der Waals surface area contributed by atoms with Gasteiger partial charge in [-0.25, -0.2) is 23.7 Å². The van der Waals surface area contributed by atoms with Crippen LogP contribution >= 0.6 is 0 Å². The van der Waals surface area contributed by atoms with Crippen LogP contribution in [0.15, 0.2) is 42.9 Å². The molecule has 0 bridgehead atoms. The van der Waals surface area contributed by atoms with Gasteiger partial charge in [0, 0.05) is 17.8 Å². The summed E-state index contributed by atoms with van der Waals surface area (Å²) in [5, 5.41) is 3.32. The lowest BCUT2D eigenvalue weighted by atomic mass is 9.93. The van der Waals surface area contributed by atoms with Gasteiger partial charge in [-0.15, -0.1) is 0 Å². The van der Waals surface area contributed by atoms with E-state index in [9.17, 15) is 8.78 Å². The molecule has 26 heavy (non-hydrogen) atoms. The number of aromatic nitrogens is 4. The van der Waals surface area contributed by atoms with Crippen LogP contribution in [0, 0.1) is 5.82 Å². The summed E-state index contributed by atoms with van der Waals surface area (Å²) >= 11 is 0. The molecule has 1 aliphatic carbocycles. The predicted octanol–water partition coefficient (Wildman–Crippen LogP) is 4.08. The lowest BCUT2D eigenvalue weighted by Gasteiger charge is -2.26. The van der Waals surface area contributed by atoms with E-state index in [1.54, 1.807) is 35.3 Å². The van der Waals surface area contributed by atoms with E-state index in [-0.39, 0.29) is 12.4 Å². The molecule has 0 unspecified atom stereocenters. The van der Waals surface area contributed by atoms with Gasteiger partial charge in [0.15, 0.2) is 0 Å². The zero-order chi connectivity index (χ0) is 17.9. The third kappa shape index (κ3) is 3.29. The van der Waals surface area contributed by atoms with Crippen LogP contribution in [0.4, 0.5) is 14.7 Å². The van der Waals surface area contributed by atoms with Gasteiger partial charge in [-0.05, 0) is 49.6 Å². The molecular formula is C19H19F2N5. The summed E-state index contributed by atoms with van der Waals surface area (Å²) in [4.78, 5) is 13.3. The molecule has 134 valence electrons. The standard InChI is InChI=1S/C19H19F2N5/c20-9-11-26-12-23-17(13-4-6-14(21)7-5-13)18(26)16-8-10-22-19(25-16)24-15-2-1-3-15/h4-8,10,12,15H,1-3,9,11H2,(H,22,24,25). The number of anilines is 1. The minimum atomic E-state index is -0.509. The van der Waals surface area contributed by atoms with Gasteiger partial charge in [-0.3, -0.25) is 0 Å². The summed E-state index contributed by atoms with van der Waals surface area (Å²) in [6, 6.07) is 8.29. The molecule has 0 amide bonds. The van der Waals surface area contributed by atoms with E-state index in [0.717, 1.165) is 18.4 Å². The average Bonchev–Trinajstić information content (AvgIpc) is 3.03. The van der Waals surface area contributed by atoms with E-state index >= 15 is 0 Å². The molecule has 2 heterocycles. The molecule has 1 aromatic carbocycles. The molecule has 1 aliphatic rings. The number of halogens is 2. The molecule has 1 fully saturated rings. The first-order valence-electron chi connectivity index (χ1n) is 8.71. The number of alkyl halides is 1. The van der Waals surface area contributed by atoms with Crippen molar-refractivity contribution < 1.29 is 8.78 Å². The van der Waals surface area contributed by atoms with Gasteiger partial charge in [0.2, 0.25) is 5.95 Å². The summed E-state index contributed by atoms with van der Waals surface area (Å²) in [5.41, 5.74) is 2.76. The molecule has 1 saturated carbocycles. The summed E-state index contributed by atoms with van der Waals surface area (Å²) in [5.74, 6) is 0.248. The van der Waals surface area contributed by atoms with Gasteiger partial charge >= 0.3 is 0 Å². The highest BCUT2D eigenvalue weighted by atomic mass is 19.1. The van der Waals surface area contributed by atoms with Crippen molar-refractivity contribution in [2.24, 2.45) is 0 Å². The monoisotopic (exact) mass is 355 g/mol.